The van der Waals surface area contributed by atoms with Crippen LogP contribution in [0.25, 0.3) is 0 Å². The lowest BCUT2D eigenvalue weighted by Gasteiger charge is -2.30. The van der Waals surface area contributed by atoms with Gasteiger partial charge >= 0.3 is 0 Å². The van der Waals surface area contributed by atoms with Gasteiger partial charge in [-0.15, -0.1) is 11.6 Å². The van der Waals surface area contributed by atoms with Crippen molar-refractivity contribution in [1.82, 2.24) is 0 Å². The van der Waals surface area contributed by atoms with Gasteiger partial charge in [0.05, 0.1) is 4.87 Å². The van der Waals surface area contributed by atoms with Crippen LogP contribution in [0.4, 0.5) is 0 Å². The zero-order valence-electron chi connectivity index (χ0n) is 11.4. The lowest BCUT2D eigenvalue weighted by atomic mass is 9.80. The Bertz CT molecular complexity index is 462. The molecule has 1 aromatic rings. The molecule has 0 N–H and O–H groups in total. The van der Waals surface area contributed by atoms with E-state index >= 15 is 0 Å². The molecule has 1 unspecified atom stereocenters. The Hall–Kier alpha value is -1.01. The van der Waals surface area contributed by atoms with Gasteiger partial charge in [-0.1, -0.05) is 69.3 Å². The van der Waals surface area contributed by atoms with Crippen LogP contribution in [-0.2, 0) is 6.42 Å². The minimum atomic E-state index is -0.254. The number of alkyl halides is 1. The number of halogens is 1. The molecular weight excluding hydrogens is 240 g/mol. The summed E-state index contributed by atoms with van der Waals surface area (Å²) < 4.78 is 0. The molecule has 0 nitrogen and oxygen atoms in total. The molecule has 0 heterocycles. The average molecular weight is 261 g/mol. The van der Waals surface area contributed by atoms with E-state index in [1.165, 1.54) is 11.1 Å². The summed E-state index contributed by atoms with van der Waals surface area (Å²) >= 11 is 6.69. The van der Waals surface area contributed by atoms with Crippen molar-refractivity contribution in [1.29, 1.82) is 0 Å². The number of hydrogen-bond acceptors (Lipinski definition) is 0. The topological polar surface area (TPSA) is 0 Å². The third-order valence-electron chi connectivity index (χ3n) is 3.43. The van der Waals surface area contributed by atoms with Crippen molar-refractivity contribution >= 4 is 11.6 Å². The predicted molar refractivity (Wildman–Crippen MR) is 80.0 cm³/mol. The minimum Gasteiger partial charge on any atom is -0.114 e. The second kappa shape index (κ2) is 4.93. The zero-order valence-corrected chi connectivity index (χ0v) is 12.2. The molecule has 0 spiro atoms. The smallest absolute Gasteiger partial charge is 0.0703 e. The summed E-state index contributed by atoms with van der Waals surface area (Å²) in [6.07, 6.45) is 8.45. The zero-order chi connectivity index (χ0) is 13.2. The standard InChI is InChI=1S/C17H21Cl/c1-16(2,3)15-9-11-17(18,12-10-15)13-14-7-5-4-6-8-14/h4-11H,12-13H2,1-3H3. The van der Waals surface area contributed by atoms with E-state index < -0.39 is 0 Å². The van der Waals surface area contributed by atoms with Gasteiger partial charge in [-0.2, -0.15) is 0 Å². The van der Waals surface area contributed by atoms with E-state index in [-0.39, 0.29) is 10.3 Å². The molecule has 0 aliphatic heterocycles. The number of allylic oxidation sites excluding steroid dienone is 4. The first-order chi connectivity index (χ1) is 8.39. The van der Waals surface area contributed by atoms with Gasteiger partial charge in [-0.05, 0) is 29.4 Å². The summed E-state index contributed by atoms with van der Waals surface area (Å²) in [6.45, 7) is 6.71. The molecule has 1 heteroatoms. The van der Waals surface area contributed by atoms with Crippen LogP contribution in [0.2, 0.25) is 0 Å². The van der Waals surface area contributed by atoms with Crippen molar-refractivity contribution in [2.45, 2.75) is 38.5 Å². The Labute approximate surface area is 115 Å². The molecule has 0 bridgehead atoms. The Morgan fingerprint density at radius 3 is 2.33 bits per heavy atom. The maximum atomic E-state index is 6.69. The Morgan fingerprint density at radius 1 is 1.17 bits per heavy atom. The Morgan fingerprint density at radius 2 is 1.83 bits per heavy atom. The third kappa shape index (κ3) is 3.26. The molecule has 1 aromatic carbocycles. The second-order valence-corrected chi connectivity index (χ2v) is 6.90. The van der Waals surface area contributed by atoms with Crippen LogP contribution in [0.5, 0.6) is 0 Å². The monoisotopic (exact) mass is 260 g/mol. The molecule has 1 atom stereocenters. The van der Waals surface area contributed by atoms with Crippen LogP contribution < -0.4 is 0 Å². The number of hydrogen-bond donors (Lipinski definition) is 0. The number of rotatable bonds is 2. The fraction of sp³-hybridized carbons (Fsp3) is 0.412. The maximum Gasteiger partial charge on any atom is 0.0703 e. The first-order valence-electron chi connectivity index (χ1n) is 6.52. The molecule has 1 aliphatic rings. The first kappa shape index (κ1) is 13.4. The molecule has 0 fully saturated rings. The van der Waals surface area contributed by atoms with Crippen molar-refractivity contribution in [3.8, 4) is 0 Å². The summed E-state index contributed by atoms with van der Waals surface area (Å²) in [7, 11) is 0. The van der Waals surface area contributed by atoms with Crippen LogP contribution in [0.15, 0.2) is 54.1 Å². The highest BCUT2D eigenvalue weighted by molar-refractivity contribution is 6.25. The Balaban J connectivity index is 2.09. The first-order valence-corrected chi connectivity index (χ1v) is 6.90. The summed E-state index contributed by atoms with van der Waals surface area (Å²) in [6, 6.07) is 10.5. The van der Waals surface area contributed by atoms with E-state index in [0.717, 1.165) is 12.8 Å². The van der Waals surface area contributed by atoms with Crippen LogP contribution in [-0.4, -0.2) is 4.87 Å². The maximum absolute atomic E-state index is 6.69. The second-order valence-electron chi connectivity index (χ2n) is 6.14. The summed E-state index contributed by atoms with van der Waals surface area (Å²) in [5, 5.41) is 0. The average Bonchev–Trinajstić information content (AvgIpc) is 2.29. The highest BCUT2D eigenvalue weighted by Gasteiger charge is 2.28. The quantitative estimate of drug-likeness (QED) is 0.646. The van der Waals surface area contributed by atoms with E-state index in [1.54, 1.807) is 0 Å². The van der Waals surface area contributed by atoms with Crippen LogP contribution in [0.1, 0.15) is 32.8 Å². The van der Waals surface area contributed by atoms with Crippen LogP contribution in [0.3, 0.4) is 0 Å². The largest absolute Gasteiger partial charge is 0.114 e. The van der Waals surface area contributed by atoms with Gasteiger partial charge in [0.1, 0.15) is 0 Å². The fourth-order valence-electron chi connectivity index (χ4n) is 2.28. The van der Waals surface area contributed by atoms with Crippen molar-refractivity contribution in [2.24, 2.45) is 5.41 Å². The van der Waals surface area contributed by atoms with Crippen molar-refractivity contribution in [3.63, 3.8) is 0 Å². The molecule has 18 heavy (non-hydrogen) atoms. The fourth-order valence-corrected chi connectivity index (χ4v) is 2.57. The highest BCUT2D eigenvalue weighted by Crippen LogP contribution is 2.36. The molecule has 96 valence electrons. The lowest BCUT2D eigenvalue weighted by molar-refractivity contribution is 0.507. The van der Waals surface area contributed by atoms with E-state index in [1.807, 2.05) is 6.07 Å². The third-order valence-corrected chi connectivity index (χ3v) is 3.84. The SMILES string of the molecule is CC(C)(C)C1=CCC(Cl)(Cc2ccccc2)C=C1. The van der Waals surface area contributed by atoms with Crippen LogP contribution >= 0.6 is 11.6 Å². The Kier molecular flexibility index (Phi) is 3.68. The van der Waals surface area contributed by atoms with E-state index in [9.17, 15) is 0 Å². The van der Waals surface area contributed by atoms with Gasteiger partial charge in [0.15, 0.2) is 0 Å². The van der Waals surface area contributed by atoms with Crippen LogP contribution in [0, 0.1) is 5.41 Å². The van der Waals surface area contributed by atoms with E-state index in [0.29, 0.717) is 0 Å². The van der Waals surface area contributed by atoms with Gasteiger partial charge in [0.25, 0.3) is 0 Å². The minimum absolute atomic E-state index is 0.210. The van der Waals surface area contributed by atoms with Crippen molar-refractivity contribution in [3.05, 3.63) is 59.7 Å². The van der Waals surface area contributed by atoms with Gasteiger partial charge in [0, 0.05) is 0 Å². The molecule has 0 radical (unpaired) electrons. The molecule has 0 saturated heterocycles. The molecular formula is C17H21Cl. The van der Waals surface area contributed by atoms with Gasteiger partial charge in [-0.25, -0.2) is 0 Å². The lowest BCUT2D eigenvalue weighted by Crippen LogP contribution is -2.24. The summed E-state index contributed by atoms with van der Waals surface area (Å²) in [5.41, 5.74) is 2.89. The predicted octanol–water partition coefficient (Wildman–Crippen LogP) is 5.14. The molecule has 0 aromatic heterocycles. The number of benzene rings is 1. The summed E-state index contributed by atoms with van der Waals surface area (Å²) in [5.74, 6) is 0. The summed E-state index contributed by atoms with van der Waals surface area (Å²) in [4.78, 5) is -0.254. The van der Waals surface area contributed by atoms with Gasteiger partial charge < -0.3 is 0 Å². The van der Waals surface area contributed by atoms with E-state index in [4.69, 9.17) is 11.6 Å². The van der Waals surface area contributed by atoms with E-state index in [2.05, 4.69) is 63.3 Å². The molecule has 2 rings (SSSR count). The van der Waals surface area contributed by atoms with Crippen molar-refractivity contribution in [2.75, 3.05) is 0 Å². The molecule has 1 aliphatic carbocycles. The molecule has 0 saturated carbocycles. The van der Waals surface area contributed by atoms with Gasteiger partial charge in [0.2, 0.25) is 0 Å². The van der Waals surface area contributed by atoms with Crippen molar-refractivity contribution < 1.29 is 0 Å². The molecule has 0 amide bonds. The highest BCUT2D eigenvalue weighted by atomic mass is 35.5. The normalized spacial score (nSPS) is 23.9. The van der Waals surface area contributed by atoms with Gasteiger partial charge in [-0.3, -0.25) is 0 Å².